The summed E-state index contributed by atoms with van der Waals surface area (Å²) in [6.07, 6.45) is 6.91. The summed E-state index contributed by atoms with van der Waals surface area (Å²) in [4.78, 5) is 32.1. The Balaban J connectivity index is 1.19. The Morgan fingerprint density at radius 1 is 1.17 bits per heavy atom. The number of hydrogen-bond donors (Lipinski definition) is 1. The first-order valence-electron chi connectivity index (χ1n) is 11.2. The van der Waals surface area contributed by atoms with Crippen LogP contribution >= 0.6 is 11.3 Å². The molecule has 6 heteroatoms. The van der Waals surface area contributed by atoms with E-state index in [4.69, 9.17) is 4.98 Å². The normalized spacial score (nSPS) is 22.5. The lowest BCUT2D eigenvalue weighted by Crippen LogP contribution is -2.44. The number of piperidine rings is 1. The number of benzene rings is 1. The second kappa shape index (κ2) is 8.14. The van der Waals surface area contributed by atoms with Crippen LogP contribution in [0.4, 0.5) is 0 Å². The molecule has 30 heavy (non-hydrogen) atoms. The van der Waals surface area contributed by atoms with Gasteiger partial charge in [-0.25, -0.2) is 4.98 Å². The summed E-state index contributed by atoms with van der Waals surface area (Å²) in [6, 6.07) is 10.3. The van der Waals surface area contributed by atoms with Gasteiger partial charge in [-0.15, -0.1) is 11.3 Å². The highest BCUT2D eigenvalue weighted by molar-refractivity contribution is 7.09. The summed E-state index contributed by atoms with van der Waals surface area (Å²) in [5.41, 5.74) is 1.94. The standard InChI is InChI=1S/C24H29N3O2S/c28-21(17-8-9-17)25-13-10-20-16-30-22(26-20)18-5-4-14-27(15-18)23(29)24(11-12-24)19-6-2-1-3-7-19/h1-3,6-7,16-18H,4-5,8-15H2,(H,25,28). The zero-order chi connectivity index (χ0) is 20.6. The molecule has 1 atom stereocenters. The second-order valence-corrected chi connectivity index (χ2v) is 9.92. The topological polar surface area (TPSA) is 62.3 Å². The molecule has 2 amide bonds. The number of aromatic nitrogens is 1. The molecule has 2 saturated carbocycles. The fourth-order valence-corrected chi connectivity index (χ4v) is 5.58. The Kier molecular flexibility index (Phi) is 5.35. The summed E-state index contributed by atoms with van der Waals surface area (Å²) in [7, 11) is 0. The van der Waals surface area contributed by atoms with E-state index in [1.165, 1.54) is 5.56 Å². The molecule has 0 radical (unpaired) electrons. The van der Waals surface area contributed by atoms with Gasteiger partial charge in [0, 0.05) is 43.3 Å². The predicted octanol–water partition coefficient (Wildman–Crippen LogP) is 3.65. The van der Waals surface area contributed by atoms with Crippen LogP contribution in [0, 0.1) is 5.92 Å². The van der Waals surface area contributed by atoms with Gasteiger partial charge in [0.05, 0.1) is 16.1 Å². The zero-order valence-electron chi connectivity index (χ0n) is 17.3. The summed E-state index contributed by atoms with van der Waals surface area (Å²) in [5.74, 6) is 1.08. The number of rotatable bonds is 7. The lowest BCUT2D eigenvalue weighted by atomic mass is 9.91. The van der Waals surface area contributed by atoms with E-state index in [0.717, 1.165) is 68.7 Å². The highest BCUT2D eigenvalue weighted by Gasteiger charge is 2.53. The number of hydrogen-bond acceptors (Lipinski definition) is 4. The van der Waals surface area contributed by atoms with Crippen molar-refractivity contribution >= 4 is 23.2 Å². The number of carbonyl (C=O) groups is 2. The Bertz CT molecular complexity index is 918. The Labute approximate surface area is 181 Å². The Morgan fingerprint density at radius 3 is 2.70 bits per heavy atom. The van der Waals surface area contributed by atoms with Crippen molar-refractivity contribution in [2.45, 2.75) is 56.3 Å². The molecule has 3 fully saturated rings. The van der Waals surface area contributed by atoms with Gasteiger partial charge in [-0.05, 0) is 44.1 Å². The van der Waals surface area contributed by atoms with Crippen LogP contribution in [0.3, 0.4) is 0 Å². The number of thiazole rings is 1. The smallest absolute Gasteiger partial charge is 0.233 e. The number of carbonyl (C=O) groups excluding carboxylic acids is 2. The molecule has 2 aliphatic carbocycles. The minimum Gasteiger partial charge on any atom is -0.355 e. The van der Waals surface area contributed by atoms with Crippen molar-refractivity contribution in [1.29, 1.82) is 0 Å². The van der Waals surface area contributed by atoms with Crippen molar-refractivity contribution < 1.29 is 9.59 Å². The van der Waals surface area contributed by atoms with Crippen LogP contribution in [0.1, 0.15) is 60.7 Å². The maximum absolute atomic E-state index is 13.4. The molecule has 1 aromatic heterocycles. The summed E-state index contributed by atoms with van der Waals surface area (Å²) in [5, 5.41) is 6.27. The van der Waals surface area contributed by atoms with Gasteiger partial charge in [0.1, 0.15) is 0 Å². The van der Waals surface area contributed by atoms with Crippen molar-refractivity contribution in [1.82, 2.24) is 15.2 Å². The molecular weight excluding hydrogens is 394 g/mol. The van der Waals surface area contributed by atoms with Crippen LogP contribution in [0.2, 0.25) is 0 Å². The molecule has 1 aromatic carbocycles. The molecule has 1 saturated heterocycles. The van der Waals surface area contributed by atoms with Gasteiger partial charge in [-0.2, -0.15) is 0 Å². The lowest BCUT2D eigenvalue weighted by molar-refractivity contribution is -0.135. The van der Waals surface area contributed by atoms with Crippen LogP contribution in [-0.4, -0.2) is 41.3 Å². The van der Waals surface area contributed by atoms with Gasteiger partial charge >= 0.3 is 0 Å². The van der Waals surface area contributed by atoms with E-state index in [1.807, 2.05) is 18.2 Å². The molecule has 0 spiro atoms. The molecule has 0 bridgehead atoms. The number of nitrogens with zero attached hydrogens (tertiary/aromatic N) is 2. The van der Waals surface area contributed by atoms with Crippen LogP contribution < -0.4 is 5.32 Å². The third-order valence-corrected chi connectivity index (χ3v) is 7.80. The highest BCUT2D eigenvalue weighted by atomic mass is 32.1. The minimum absolute atomic E-state index is 0.194. The van der Waals surface area contributed by atoms with E-state index in [-0.39, 0.29) is 17.2 Å². The Morgan fingerprint density at radius 2 is 1.97 bits per heavy atom. The quantitative estimate of drug-likeness (QED) is 0.739. The fourth-order valence-electron chi connectivity index (χ4n) is 4.60. The Hall–Kier alpha value is -2.21. The van der Waals surface area contributed by atoms with Crippen LogP contribution in [-0.2, 0) is 21.4 Å². The molecule has 3 aliphatic rings. The van der Waals surface area contributed by atoms with Gasteiger partial charge < -0.3 is 10.2 Å². The van der Waals surface area contributed by atoms with Gasteiger partial charge in [0.25, 0.3) is 0 Å². The van der Waals surface area contributed by atoms with Crippen molar-refractivity contribution in [2.24, 2.45) is 5.92 Å². The van der Waals surface area contributed by atoms with E-state index in [1.54, 1.807) is 11.3 Å². The predicted molar refractivity (Wildman–Crippen MR) is 117 cm³/mol. The van der Waals surface area contributed by atoms with Gasteiger partial charge in [0.15, 0.2) is 0 Å². The van der Waals surface area contributed by atoms with Crippen LogP contribution in [0.25, 0.3) is 0 Å². The minimum atomic E-state index is -0.281. The maximum atomic E-state index is 13.4. The number of amides is 2. The molecule has 1 N–H and O–H groups in total. The zero-order valence-corrected chi connectivity index (χ0v) is 18.1. The first-order chi connectivity index (χ1) is 14.7. The van der Waals surface area contributed by atoms with E-state index in [0.29, 0.717) is 18.4 Å². The summed E-state index contributed by atoms with van der Waals surface area (Å²) >= 11 is 1.71. The molecule has 5 rings (SSSR count). The molecule has 158 valence electrons. The maximum Gasteiger partial charge on any atom is 0.233 e. The van der Waals surface area contributed by atoms with Crippen molar-refractivity contribution in [3.8, 4) is 0 Å². The first-order valence-corrected chi connectivity index (χ1v) is 12.1. The van der Waals surface area contributed by atoms with Gasteiger partial charge in [-0.3, -0.25) is 9.59 Å². The molecule has 2 aromatic rings. The molecule has 1 unspecified atom stereocenters. The highest BCUT2D eigenvalue weighted by Crippen LogP contribution is 2.50. The van der Waals surface area contributed by atoms with E-state index < -0.39 is 0 Å². The van der Waals surface area contributed by atoms with Crippen molar-refractivity contribution in [3.05, 3.63) is 52.0 Å². The molecule has 5 nitrogen and oxygen atoms in total. The van der Waals surface area contributed by atoms with Crippen LogP contribution in [0.5, 0.6) is 0 Å². The third-order valence-electron chi connectivity index (χ3n) is 6.74. The van der Waals surface area contributed by atoms with Crippen molar-refractivity contribution in [3.63, 3.8) is 0 Å². The SMILES string of the molecule is O=C(NCCc1csc(C2CCCN(C(=O)C3(c4ccccc4)CC3)C2)n1)C1CC1. The largest absolute Gasteiger partial charge is 0.355 e. The number of likely N-dealkylation sites (tertiary alicyclic amines) is 1. The average molecular weight is 424 g/mol. The third kappa shape index (κ3) is 4.02. The number of nitrogens with one attached hydrogen (secondary N) is 1. The van der Waals surface area contributed by atoms with Gasteiger partial charge in [-0.1, -0.05) is 30.3 Å². The first kappa shape index (κ1) is 19.7. The second-order valence-electron chi connectivity index (χ2n) is 9.03. The van der Waals surface area contributed by atoms with Gasteiger partial charge in [0.2, 0.25) is 11.8 Å². The molecule has 1 aliphatic heterocycles. The van der Waals surface area contributed by atoms with E-state index >= 15 is 0 Å². The summed E-state index contributed by atoms with van der Waals surface area (Å²) < 4.78 is 0. The molecule has 2 heterocycles. The fraction of sp³-hybridized carbons (Fsp3) is 0.542. The van der Waals surface area contributed by atoms with Crippen molar-refractivity contribution in [2.75, 3.05) is 19.6 Å². The molecular formula is C24H29N3O2S. The van der Waals surface area contributed by atoms with E-state index in [9.17, 15) is 9.59 Å². The van der Waals surface area contributed by atoms with Crippen LogP contribution in [0.15, 0.2) is 35.7 Å². The average Bonchev–Trinajstić information content (AvgIpc) is 3.72. The summed E-state index contributed by atoms with van der Waals surface area (Å²) in [6.45, 7) is 2.29. The monoisotopic (exact) mass is 423 g/mol. The lowest BCUT2D eigenvalue weighted by Gasteiger charge is -2.34. The van der Waals surface area contributed by atoms with E-state index in [2.05, 4.69) is 27.7 Å².